The molecule has 0 saturated heterocycles. The average Bonchev–Trinajstić information content (AvgIpc) is 2.42. The number of thioether (sulfide) groups is 1. The first kappa shape index (κ1) is 14.8. The summed E-state index contributed by atoms with van der Waals surface area (Å²) in [6.07, 6.45) is 6.86. The van der Waals surface area contributed by atoms with Crippen LogP contribution in [0.4, 0.5) is 0 Å². The van der Waals surface area contributed by atoms with Gasteiger partial charge in [-0.2, -0.15) is 11.8 Å². The fourth-order valence-electron chi connectivity index (χ4n) is 3.52. The van der Waals surface area contributed by atoms with Gasteiger partial charge in [0.15, 0.2) is 5.60 Å². The molecule has 0 heterocycles. The lowest BCUT2D eigenvalue weighted by atomic mass is 9.57. The zero-order chi connectivity index (χ0) is 14.3. The molecule has 0 aromatic rings. The highest BCUT2D eigenvalue weighted by Gasteiger charge is 2.64. The van der Waals surface area contributed by atoms with Crippen molar-refractivity contribution in [3.63, 3.8) is 0 Å². The molecule has 2 bridgehead atoms. The maximum absolute atomic E-state index is 13.0. The van der Waals surface area contributed by atoms with E-state index in [0.29, 0.717) is 5.75 Å². The van der Waals surface area contributed by atoms with E-state index in [2.05, 4.69) is 12.7 Å². The minimum atomic E-state index is -0.897. The van der Waals surface area contributed by atoms with Crippen LogP contribution in [0, 0.1) is 11.8 Å². The van der Waals surface area contributed by atoms with E-state index in [9.17, 15) is 4.79 Å². The van der Waals surface area contributed by atoms with Crippen molar-refractivity contribution in [2.75, 3.05) is 26.2 Å². The molecule has 3 rings (SSSR count). The van der Waals surface area contributed by atoms with Crippen LogP contribution in [0.15, 0.2) is 24.3 Å². The van der Waals surface area contributed by atoms with E-state index in [0.717, 1.165) is 12.0 Å². The Bertz CT molecular complexity index is 431. The van der Waals surface area contributed by atoms with Gasteiger partial charge >= 0.3 is 0 Å². The fraction of sp³-hybridized carbons (Fsp3) is 0.667. The predicted molar refractivity (Wildman–Crippen MR) is 78.4 cm³/mol. The van der Waals surface area contributed by atoms with E-state index in [4.69, 9.17) is 9.47 Å². The molecule has 3 aliphatic carbocycles. The summed E-state index contributed by atoms with van der Waals surface area (Å²) >= 11 is 1.64. The van der Waals surface area contributed by atoms with Crippen LogP contribution in [0.5, 0.6) is 0 Å². The lowest BCUT2D eigenvalue weighted by Crippen LogP contribution is -2.68. The van der Waals surface area contributed by atoms with Gasteiger partial charge in [0, 0.05) is 31.8 Å². The van der Waals surface area contributed by atoms with Gasteiger partial charge in [0.1, 0.15) is 5.60 Å². The second-order valence-corrected chi connectivity index (χ2v) is 6.32. The Hall–Kier alpha value is -0.580. The van der Waals surface area contributed by atoms with Gasteiger partial charge in [-0.3, -0.25) is 4.79 Å². The monoisotopic (exact) mass is 282 g/mol. The van der Waals surface area contributed by atoms with Crippen LogP contribution in [-0.4, -0.2) is 43.2 Å². The Balaban J connectivity index is 2.52. The molecule has 106 valence electrons. The zero-order valence-corrected chi connectivity index (χ0v) is 12.9. The van der Waals surface area contributed by atoms with Gasteiger partial charge in [0.25, 0.3) is 0 Å². The third-order valence-corrected chi connectivity index (χ3v) is 5.29. The third kappa shape index (κ3) is 1.84. The second kappa shape index (κ2) is 5.08. The van der Waals surface area contributed by atoms with Crippen molar-refractivity contribution in [3.8, 4) is 0 Å². The number of carbonyl (C=O) groups is 1. The number of ether oxygens (including phenoxy) is 2. The molecule has 1 fully saturated rings. The number of rotatable bonds is 5. The first-order chi connectivity index (χ1) is 8.98. The Kier molecular flexibility index (Phi) is 3.96. The molecule has 4 heteroatoms. The van der Waals surface area contributed by atoms with Crippen molar-refractivity contribution in [1.29, 1.82) is 0 Å². The van der Waals surface area contributed by atoms with Gasteiger partial charge in [0.2, 0.25) is 5.78 Å². The Morgan fingerprint density at radius 1 is 1.53 bits per heavy atom. The van der Waals surface area contributed by atoms with Gasteiger partial charge in [-0.15, -0.1) is 0 Å². The van der Waals surface area contributed by atoms with Crippen LogP contribution in [0.25, 0.3) is 0 Å². The van der Waals surface area contributed by atoms with Crippen LogP contribution in [0.3, 0.4) is 0 Å². The molecule has 0 unspecified atom stereocenters. The smallest absolute Gasteiger partial charge is 0.202 e. The van der Waals surface area contributed by atoms with Crippen LogP contribution in [0.1, 0.15) is 13.3 Å². The van der Waals surface area contributed by atoms with Crippen LogP contribution < -0.4 is 0 Å². The molecule has 0 N–H and O–H groups in total. The molecule has 0 spiro atoms. The normalized spacial score (nSPS) is 40.7. The minimum absolute atomic E-state index is 0.0464. The molecule has 3 nitrogen and oxygen atoms in total. The topological polar surface area (TPSA) is 35.5 Å². The largest absolute Gasteiger partial charge is 0.369 e. The quantitative estimate of drug-likeness (QED) is 0.726. The Morgan fingerprint density at radius 3 is 2.68 bits per heavy atom. The Morgan fingerprint density at radius 2 is 2.21 bits per heavy atom. The highest BCUT2D eigenvalue weighted by atomic mass is 32.2. The Labute approximate surface area is 119 Å². The maximum atomic E-state index is 13.0. The van der Waals surface area contributed by atoms with Crippen LogP contribution in [-0.2, 0) is 14.3 Å². The van der Waals surface area contributed by atoms with E-state index in [1.165, 1.54) is 0 Å². The van der Waals surface area contributed by atoms with E-state index < -0.39 is 11.2 Å². The molecule has 1 saturated carbocycles. The summed E-state index contributed by atoms with van der Waals surface area (Å²) in [5.74, 6) is 0.859. The summed E-state index contributed by atoms with van der Waals surface area (Å²) in [5, 5.41) is 0. The highest BCUT2D eigenvalue weighted by Crippen LogP contribution is 2.52. The van der Waals surface area contributed by atoms with Crippen LogP contribution in [0.2, 0.25) is 0 Å². The molecule has 0 amide bonds. The summed E-state index contributed by atoms with van der Waals surface area (Å²) in [6.45, 7) is 6.00. The maximum Gasteiger partial charge on any atom is 0.202 e. The number of fused-ring (bicyclic) bond motifs is 2. The molecular formula is C15H22O3S. The van der Waals surface area contributed by atoms with E-state index in [1.54, 1.807) is 26.0 Å². The summed E-state index contributed by atoms with van der Waals surface area (Å²) in [7, 11) is 3.23. The number of hydrogen-bond donors (Lipinski definition) is 0. The number of methoxy groups -OCH3 is 2. The minimum Gasteiger partial charge on any atom is -0.369 e. The average molecular weight is 282 g/mol. The van der Waals surface area contributed by atoms with Crippen molar-refractivity contribution in [1.82, 2.24) is 0 Å². The number of carbonyl (C=O) groups excluding carboxylic acids is 1. The second-order valence-electron chi connectivity index (χ2n) is 5.45. The van der Waals surface area contributed by atoms with E-state index >= 15 is 0 Å². The van der Waals surface area contributed by atoms with Crippen molar-refractivity contribution >= 4 is 17.5 Å². The van der Waals surface area contributed by atoms with Gasteiger partial charge < -0.3 is 9.47 Å². The molecule has 0 aliphatic heterocycles. The van der Waals surface area contributed by atoms with Crippen molar-refractivity contribution in [2.45, 2.75) is 24.5 Å². The van der Waals surface area contributed by atoms with Crippen molar-refractivity contribution in [3.05, 3.63) is 24.3 Å². The van der Waals surface area contributed by atoms with Gasteiger partial charge in [-0.05, 0) is 25.7 Å². The van der Waals surface area contributed by atoms with Gasteiger partial charge in [-0.1, -0.05) is 18.2 Å². The van der Waals surface area contributed by atoms with E-state index in [-0.39, 0.29) is 17.6 Å². The fourth-order valence-corrected chi connectivity index (χ4v) is 4.41. The number of hydrogen-bond acceptors (Lipinski definition) is 4. The molecule has 0 aromatic heterocycles. The molecule has 0 radical (unpaired) electrons. The molecular weight excluding hydrogens is 260 g/mol. The SMILES string of the molecule is C=C(C)[C@@H]1C[C@H]2C=C[C@@]1(OC)C(=O)[C@]2(CSC)OC. The summed E-state index contributed by atoms with van der Waals surface area (Å²) in [4.78, 5) is 13.0. The zero-order valence-electron chi connectivity index (χ0n) is 12.1. The summed E-state index contributed by atoms with van der Waals surface area (Å²) in [6, 6.07) is 0. The van der Waals surface area contributed by atoms with Crippen molar-refractivity contribution in [2.24, 2.45) is 11.8 Å². The highest BCUT2D eigenvalue weighted by molar-refractivity contribution is 7.98. The van der Waals surface area contributed by atoms with E-state index in [1.807, 2.05) is 19.3 Å². The number of Topliss-reactive ketones (excluding diaryl/α,β-unsaturated/α-hetero) is 1. The van der Waals surface area contributed by atoms with Crippen LogP contribution >= 0.6 is 11.8 Å². The lowest BCUT2D eigenvalue weighted by Gasteiger charge is -2.54. The third-order valence-electron chi connectivity index (χ3n) is 4.58. The van der Waals surface area contributed by atoms with Gasteiger partial charge in [0.05, 0.1) is 0 Å². The van der Waals surface area contributed by atoms with Gasteiger partial charge in [-0.25, -0.2) is 0 Å². The standard InChI is InChI=1S/C15H22O3S/c1-10(2)12-8-11-6-7-14(12,17-3)13(16)15(11,18-4)9-19-5/h6-7,11-12H,1,8-9H2,2-5H3/t11-,12+,14+,15-/m1/s1. The first-order valence-electron chi connectivity index (χ1n) is 6.47. The predicted octanol–water partition coefficient (Wildman–Crippen LogP) is 2.47. The summed E-state index contributed by atoms with van der Waals surface area (Å²) in [5.41, 5.74) is -0.652. The molecule has 4 atom stereocenters. The molecule has 3 aliphatic rings. The molecule has 19 heavy (non-hydrogen) atoms. The molecule has 0 aromatic carbocycles. The first-order valence-corrected chi connectivity index (χ1v) is 7.86. The summed E-state index contributed by atoms with van der Waals surface area (Å²) < 4.78 is 11.4. The number of ketones is 1. The van der Waals surface area contributed by atoms with Crippen molar-refractivity contribution < 1.29 is 14.3 Å². The lowest BCUT2D eigenvalue weighted by molar-refractivity contribution is -0.179.